The predicted molar refractivity (Wildman–Crippen MR) is 142 cm³/mol. The molecule has 0 unspecified atom stereocenters. The lowest BCUT2D eigenvalue weighted by atomic mass is 9.44. The van der Waals surface area contributed by atoms with E-state index in [1.54, 1.807) is 12.0 Å². The van der Waals surface area contributed by atoms with Gasteiger partial charge in [-0.05, 0) is 62.0 Å². The Morgan fingerprint density at radius 1 is 1.20 bits per heavy atom. The molecule has 40 heavy (non-hydrogen) atoms. The molecule has 1 heterocycles. The molecule has 12 heteroatoms. The van der Waals surface area contributed by atoms with Gasteiger partial charge in [-0.2, -0.15) is 0 Å². The van der Waals surface area contributed by atoms with Crippen LogP contribution in [0.25, 0.3) is 0 Å². The van der Waals surface area contributed by atoms with E-state index in [1.165, 1.54) is 18.2 Å². The average Bonchev–Trinajstić information content (AvgIpc) is 3.40. The Bertz CT molecular complexity index is 1350. The van der Waals surface area contributed by atoms with Crippen molar-refractivity contribution in [2.75, 3.05) is 18.2 Å². The Balaban J connectivity index is 0.000000758. The molecule has 0 radical (unpaired) electrons. The first-order valence-corrected chi connectivity index (χ1v) is 14.5. The van der Waals surface area contributed by atoms with Crippen molar-refractivity contribution in [3.63, 3.8) is 0 Å². The van der Waals surface area contributed by atoms with Gasteiger partial charge in [-0.15, -0.1) is 0 Å². The number of para-hydroxylation sites is 1. The van der Waals surface area contributed by atoms with Crippen molar-refractivity contribution in [1.29, 1.82) is 0 Å². The lowest BCUT2D eigenvalue weighted by Crippen LogP contribution is -2.70. The van der Waals surface area contributed by atoms with Crippen LogP contribution in [0, 0.1) is 28.6 Å². The molecular formula is C28H34F2N2O7S. The summed E-state index contributed by atoms with van der Waals surface area (Å²) in [4.78, 5) is 31.9. The Labute approximate surface area is 232 Å². The Hall–Kier alpha value is -2.51. The van der Waals surface area contributed by atoms with Crippen LogP contribution < -0.4 is 10.2 Å². The van der Waals surface area contributed by atoms with E-state index < -0.39 is 69.5 Å². The second kappa shape index (κ2) is 9.80. The molecule has 9 atom stereocenters. The summed E-state index contributed by atoms with van der Waals surface area (Å²) in [6.45, 7) is 3.00. The van der Waals surface area contributed by atoms with Crippen LogP contribution in [-0.4, -0.2) is 66.9 Å². The highest BCUT2D eigenvalue weighted by atomic mass is 32.2. The van der Waals surface area contributed by atoms with Crippen LogP contribution in [0.3, 0.4) is 0 Å². The van der Waals surface area contributed by atoms with Gasteiger partial charge < -0.3 is 10.2 Å². The van der Waals surface area contributed by atoms with Crippen LogP contribution in [0.1, 0.15) is 33.1 Å². The fourth-order valence-electron chi connectivity index (χ4n) is 8.61. The summed E-state index contributed by atoms with van der Waals surface area (Å²) in [5, 5.41) is 27.3. The molecule has 1 aliphatic heterocycles. The SMILES string of the molecule is C[C@]12C=CC(=O)C=C1[C@@H](F)C[C@H]1[C@@H]3C[C@H]4CN(c5ccccc5)O[C@@]4(C(=O)CO)[C@@]3(C)C[C@H](O)[C@@]12F.N[SH](=O)=O. The Morgan fingerprint density at radius 2 is 1.85 bits per heavy atom. The number of aliphatic hydroxyl groups is 2. The zero-order valence-electron chi connectivity index (χ0n) is 22.2. The number of aliphatic hydroxyl groups excluding tert-OH is 2. The number of nitrogens with two attached hydrogens (primary N) is 1. The minimum Gasteiger partial charge on any atom is -0.390 e. The highest BCUT2D eigenvalue weighted by molar-refractivity contribution is 7.69. The summed E-state index contributed by atoms with van der Waals surface area (Å²) in [5.41, 5.74) is -5.37. The third-order valence-electron chi connectivity index (χ3n) is 10.2. The van der Waals surface area contributed by atoms with E-state index in [4.69, 9.17) is 13.3 Å². The number of thiol groups is 1. The number of benzene rings is 1. The van der Waals surface area contributed by atoms with Crippen molar-refractivity contribution in [3.8, 4) is 0 Å². The molecule has 0 spiro atoms. The predicted octanol–water partition coefficient (Wildman–Crippen LogP) is 1.75. The molecule has 1 aromatic carbocycles. The average molecular weight is 581 g/mol. The van der Waals surface area contributed by atoms with Crippen LogP contribution in [0.5, 0.6) is 0 Å². The highest BCUT2D eigenvalue weighted by Crippen LogP contribution is 2.72. The maximum atomic E-state index is 17.4. The summed E-state index contributed by atoms with van der Waals surface area (Å²) >= 11 is 0. The van der Waals surface area contributed by atoms with Gasteiger partial charge in [0.2, 0.25) is 0 Å². The number of hydrogen-bond donors (Lipinski definition) is 4. The van der Waals surface area contributed by atoms with E-state index in [9.17, 15) is 19.8 Å². The molecule has 5 aliphatic rings. The molecule has 0 bridgehead atoms. The summed E-state index contributed by atoms with van der Waals surface area (Å²) < 4.78 is 50.6. The number of Topliss-reactive ketones (excluding diaryl/α,β-unsaturated/α-hetero) is 1. The Morgan fingerprint density at radius 3 is 2.48 bits per heavy atom. The molecule has 1 aromatic rings. The zero-order chi connectivity index (χ0) is 29.3. The number of carbonyl (C=O) groups is 2. The minimum absolute atomic E-state index is 0.0715. The largest absolute Gasteiger partial charge is 0.390 e. The normalized spacial score (nSPS) is 43.2. The molecule has 4 aliphatic carbocycles. The lowest BCUT2D eigenvalue weighted by molar-refractivity contribution is -0.228. The van der Waals surface area contributed by atoms with E-state index in [0.29, 0.717) is 13.0 Å². The van der Waals surface area contributed by atoms with Gasteiger partial charge in [0.05, 0.1) is 18.3 Å². The third kappa shape index (κ3) is 3.79. The highest BCUT2D eigenvalue weighted by Gasteiger charge is 2.79. The van der Waals surface area contributed by atoms with E-state index in [1.807, 2.05) is 37.3 Å². The van der Waals surface area contributed by atoms with Crippen LogP contribution >= 0.6 is 0 Å². The zero-order valence-corrected chi connectivity index (χ0v) is 23.1. The molecule has 0 amide bonds. The Kier molecular flexibility index (Phi) is 7.10. The number of fused-ring (bicyclic) bond motifs is 7. The summed E-state index contributed by atoms with van der Waals surface area (Å²) in [5.74, 6) is -2.62. The molecule has 4 fully saturated rings. The van der Waals surface area contributed by atoms with Crippen molar-refractivity contribution in [2.24, 2.45) is 33.7 Å². The van der Waals surface area contributed by atoms with E-state index in [0.717, 1.165) is 5.69 Å². The number of ketones is 2. The number of halogens is 2. The number of hydrogen-bond acceptors (Lipinski definition) is 8. The monoisotopic (exact) mass is 580 g/mol. The van der Waals surface area contributed by atoms with Gasteiger partial charge in [-0.1, -0.05) is 31.2 Å². The van der Waals surface area contributed by atoms with Crippen molar-refractivity contribution in [3.05, 3.63) is 54.1 Å². The molecule has 218 valence electrons. The van der Waals surface area contributed by atoms with Gasteiger partial charge >= 0.3 is 0 Å². The molecule has 0 aromatic heterocycles. The molecular weight excluding hydrogens is 546 g/mol. The van der Waals surface area contributed by atoms with Crippen molar-refractivity contribution in [2.45, 2.75) is 56.7 Å². The van der Waals surface area contributed by atoms with Crippen molar-refractivity contribution < 1.29 is 41.8 Å². The third-order valence-corrected chi connectivity index (χ3v) is 10.2. The van der Waals surface area contributed by atoms with E-state index >= 15 is 8.78 Å². The minimum atomic E-state index is -2.62. The first kappa shape index (κ1) is 29.0. The standard InChI is InChI=1S/C28H31F2NO5.H3NO2S/c1-25-9-8-18(33)11-21(25)22(29)12-20-19-10-16-14-31(17-6-4-3-5-7-17)36-28(16,24(35)15-32)26(19,2)13-23(34)27(20,25)30;1-4(2)3/h3-9,11,16,19-20,22-23,32,34H,10,12-15H2,1-2H3;4H,(H2,1,2,3)/t16-,19-,20-,22-,23-,25-,26-,27-,28-;/m0./s1. The molecule has 1 saturated heterocycles. The van der Waals surface area contributed by atoms with E-state index in [2.05, 4.69) is 5.14 Å². The fourth-order valence-corrected chi connectivity index (χ4v) is 8.61. The van der Waals surface area contributed by atoms with Crippen LogP contribution in [0.4, 0.5) is 14.5 Å². The van der Waals surface area contributed by atoms with Crippen molar-refractivity contribution in [1.82, 2.24) is 0 Å². The molecule has 3 saturated carbocycles. The second-order valence-electron chi connectivity index (χ2n) is 11.9. The van der Waals surface area contributed by atoms with Gasteiger partial charge in [0.15, 0.2) is 33.7 Å². The number of rotatable bonds is 3. The summed E-state index contributed by atoms with van der Waals surface area (Å²) in [6.07, 6.45) is 0.891. The number of hydroxylamine groups is 1. The van der Waals surface area contributed by atoms with Gasteiger partial charge in [-0.25, -0.2) is 22.3 Å². The lowest BCUT2D eigenvalue weighted by Gasteiger charge is -2.63. The first-order chi connectivity index (χ1) is 18.8. The summed E-state index contributed by atoms with van der Waals surface area (Å²) in [7, 11) is -2.62. The summed E-state index contributed by atoms with van der Waals surface area (Å²) in [6, 6.07) is 9.31. The maximum Gasteiger partial charge on any atom is 0.198 e. The second-order valence-corrected chi connectivity index (χ2v) is 12.5. The number of anilines is 1. The van der Waals surface area contributed by atoms with E-state index in [-0.39, 0.29) is 30.1 Å². The van der Waals surface area contributed by atoms with Crippen LogP contribution in [0.15, 0.2) is 54.1 Å². The number of nitrogens with zero attached hydrogens (tertiary/aromatic N) is 1. The van der Waals surface area contributed by atoms with Crippen LogP contribution in [0.2, 0.25) is 0 Å². The number of allylic oxidation sites excluding steroid dienone is 4. The van der Waals surface area contributed by atoms with Gasteiger partial charge in [0.25, 0.3) is 0 Å². The van der Waals surface area contributed by atoms with Gasteiger partial charge in [-0.3, -0.25) is 19.5 Å². The van der Waals surface area contributed by atoms with Gasteiger partial charge in [0.1, 0.15) is 12.8 Å². The quantitative estimate of drug-likeness (QED) is 0.396. The molecule has 6 rings (SSSR count). The topological polar surface area (TPSA) is 147 Å². The van der Waals surface area contributed by atoms with Crippen molar-refractivity contribution >= 4 is 28.1 Å². The number of alkyl halides is 2. The maximum absolute atomic E-state index is 17.4. The van der Waals surface area contributed by atoms with Gasteiger partial charge in [0, 0.05) is 22.7 Å². The first-order valence-electron chi connectivity index (χ1n) is 13.3. The molecule has 9 nitrogen and oxygen atoms in total. The fraction of sp³-hybridized carbons (Fsp3) is 0.571. The smallest absolute Gasteiger partial charge is 0.198 e. The number of carbonyl (C=O) groups excluding carboxylic acids is 2. The molecule has 4 N–H and O–H groups in total. The van der Waals surface area contributed by atoms with Crippen LogP contribution in [-0.2, 0) is 25.3 Å².